The van der Waals surface area contributed by atoms with Gasteiger partial charge in [0.1, 0.15) is 0 Å². The lowest BCUT2D eigenvalue weighted by Crippen LogP contribution is -2.32. The molecule has 1 saturated carbocycles. The molecule has 1 aromatic heterocycles. The van der Waals surface area contributed by atoms with Crippen molar-refractivity contribution in [3.8, 4) is 0 Å². The Morgan fingerprint density at radius 1 is 1.47 bits per heavy atom. The van der Waals surface area contributed by atoms with Crippen molar-refractivity contribution < 1.29 is 0 Å². The Morgan fingerprint density at radius 3 is 2.68 bits per heavy atom. The highest BCUT2D eigenvalue weighted by atomic mass is 79.9. The molecule has 0 radical (unpaired) electrons. The zero-order chi connectivity index (χ0) is 14.0. The first-order valence-electron chi connectivity index (χ1n) is 7.05. The molecule has 2 N–H and O–H groups in total. The molecule has 1 fully saturated rings. The van der Waals surface area contributed by atoms with Crippen LogP contribution in [0.15, 0.2) is 10.7 Å². The summed E-state index contributed by atoms with van der Waals surface area (Å²) in [6.45, 7) is 4.18. The second-order valence-electron chi connectivity index (χ2n) is 6.24. The van der Waals surface area contributed by atoms with Crippen LogP contribution in [-0.2, 0) is 6.54 Å². The number of hydrogen-bond acceptors (Lipinski definition) is 3. The first-order valence-corrected chi connectivity index (χ1v) is 7.85. The van der Waals surface area contributed by atoms with Gasteiger partial charge in [-0.3, -0.25) is 4.68 Å². The summed E-state index contributed by atoms with van der Waals surface area (Å²) >= 11 is 3.62. The topological polar surface area (TPSA) is 47.1 Å². The normalized spacial score (nSPS) is 20.1. The molecule has 1 aliphatic rings. The summed E-state index contributed by atoms with van der Waals surface area (Å²) in [7, 11) is 4.16. The van der Waals surface area contributed by atoms with E-state index in [1.807, 2.05) is 6.20 Å². The van der Waals surface area contributed by atoms with Gasteiger partial charge in [0.25, 0.3) is 0 Å². The van der Waals surface area contributed by atoms with Gasteiger partial charge in [-0.05, 0) is 48.3 Å². The highest BCUT2D eigenvalue weighted by Crippen LogP contribution is 2.47. The quantitative estimate of drug-likeness (QED) is 0.904. The van der Waals surface area contributed by atoms with E-state index in [4.69, 9.17) is 5.73 Å². The van der Waals surface area contributed by atoms with Crippen LogP contribution in [0.25, 0.3) is 0 Å². The third kappa shape index (κ3) is 3.20. The van der Waals surface area contributed by atoms with E-state index >= 15 is 0 Å². The molecule has 1 heterocycles. The summed E-state index contributed by atoms with van der Waals surface area (Å²) in [6.07, 6.45) is 6.92. The summed E-state index contributed by atoms with van der Waals surface area (Å²) in [5, 5.41) is 4.47. The Bertz CT molecular complexity index is 421. The zero-order valence-corrected chi connectivity index (χ0v) is 13.8. The minimum Gasteiger partial charge on any atom is -0.322 e. The van der Waals surface area contributed by atoms with E-state index in [0.29, 0.717) is 0 Å². The molecule has 108 valence electrons. The van der Waals surface area contributed by atoms with E-state index in [1.54, 1.807) is 0 Å². The average molecular weight is 329 g/mol. The number of hydrogen-bond donors (Lipinski definition) is 1. The van der Waals surface area contributed by atoms with E-state index in [1.165, 1.54) is 25.7 Å². The molecule has 1 atom stereocenters. The van der Waals surface area contributed by atoms with Crippen LogP contribution in [0.3, 0.4) is 0 Å². The molecule has 19 heavy (non-hydrogen) atoms. The van der Waals surface area contributed by atoms with Crippen LogP contribution in [0.4, 0.5) is 0 Å². The summed E-state index contributed by atoms with van der Waals surface area (Å²) in [5.41, 5.74) is 7.96. The molecule has 5 heteroatoms. The molecular formula is C14H25BrN4. The lowest BCUT2D eigenvalue weighted by atomic mass is 9.79. The minimum atomic E-state index is 0.0639. The molecule has 4 nitrogen and oxygen atoms in total. The molecule has 0 saturated heterocycles. The third-order valence-corrected chi connectivity index (χ3v) is 4.99. The van der Waals surface area contributed by atoms with Gasteiger partial charge >= 0.3 is 0 Å². The Hall–Kier alpha value is -0.390. The van der Waals surface area contributed by atoms with Gasteiger partial charge in [-0.2, -0.15) is 5.10 Å². The molecule has 1 unspecified atom stereocenters. The SMILES string of the molecule is CN(C)CCn1ncc(Br)c1C(N)C1(C)CCCC1. The minimum absolute atomic E-state index is 0.0639. The number of nitrogens with zero attached hydrogens (tertiary/aromatic N) is 3. The maximum atomic E-state index is 6.58. The fourth-order valence-corrected chi connectivity index (χ4v) is 3.52. The molecule has 2 rings (SSSR count). The van der Waals surface area contributed by atoms with Gasteiger partial charge in [-0.25, -0.2) is 0 Å². The van der Waals surface area contributed by atoms with Crippen LogP contribution >= 0.6 is 15.9 Å². The second-order valence-corrected chi connectivity index (χ2v) is 7.10. The van der Waals surface area contributed by atoms with Gasteiger partial charge in [-0.15, -0.1) is 0 Å². The largest absolute Gasteiger partial charge is 0.322 e. The van der Waals surface area contributed by atoms with Crippen molar-refractivity contribution in [3.63, 3.8) is 0 Å². The fourth-order valence-electron chi connectivity index (χ4n) is 2.98. The van der Waals surface area contributed by atoms with E-state index in [0.717, 1.165) is 23.3 Å². The van der Waals surface area contributed by atoms with Crippen molar-refractivity contribution in [3.05, 3.63) is 16.4 Å². The van der Waals surface area contributed by atoms with Crippen LogP contribution < -0.4 is 5.73 Å². The van der Waals surface area contributed by atoms with Gasteiger partial charge in [0.05, 0.1) is 29.0 Å². The van der Waals surface area contributed by atoms with E-state index in [2.05, 4.69) is 51.6 Å². The van der Waals surface area contributed by atoms with Crippen LogP contribution in [-0.4, -0.2) is 35.3 Å². The lowest BCUT2D eigenvalue weighted by molar-refractivity contribution is 0.250. The van der Waals surface area contributed by atoms with Crippen molar-refractivity contribution in [2.75, 3.05) is 20.6 Å². The smallest absolute Gasteiger partial charge is 0.0699 e. The number of likely N-dealkylation sites (N-methyl/N-ethyl adjacent to an activating group) is 1. The van der Waals surface area contributed by atoms with Gasteiger partial charge in [0, 0.05) is 6.54 Å². The van der Waals surface area contributed by atoms with Crippen molar-refractivity contribution in [2.45, 2.75) is 45.2 Å². The van der Waals surface area contributed by atoms with Gasteiger partial charge in [0.2, 0.25) is 0 Å². The first-order chi connectivity index (χ1) is 8.94. The number of nitrogens with two attached hydrogens (primary N) is 1. The monoisotopic (exact) mass is 328 g/mol. The Balaban J connectivity index is 2.20. The average Bonchev–Trinajstić information content (AvgIpc) is 2.93. The van der Waals surface area contributed by atoms with E-state index in [9.17, 15) is 0 Å². The molecular weight excluding hydrogens is 304 g/mol. The van der Waals surface area contributed by atoms with E-state index < -0.39 is 0 Å². The zero-order valence-electron chi connectivity index (χ0n) is 12.2. The fraction of sp³-hybridized carbons (Fsp3) is 0.786. The summed E-state index contributed by atoms with van der Waals surface area (Å²) in [4.78, 5) is 2.17. The Labute approximate surface area is 124 Å². The maximum absolute atomic E-state index is 6.58. The predicted octanol–water partition coefficient (Wildman–Crippen LogP) is 2.79. The van der Waals surface area contributed by atoms with E-state index in [-0.39, 0.29) is 11.5 Å². The summed E-state index contributed by atoms with van der Waals surface area (Å²) in [6, 6.07) is 0.0639. The molecule has 0 aliphatic heterocycles. The maximum Gasteiger partial charge on any atom is 0.0699 e. The van der Waals surface area contributed by atoms with Crippen LogP contribution in [0.5, 0.6) is 0 Å². The number of rotatable bonds is 5. The third-order valence-electron chi connectivity index (χ3n) is 4.38. The summed E-state index contributed by atoms with van der Waals surface area (Å²) < 4.78 is 3.12. The standard InChI is InChI=1S/C14H25BrN4/c1-14(6-4-5-7-14)13(16)12-11(15)10-17-19(12)9-8-18(2)3/h10,13H,4-9,16H2,1-3H3. The second kappa shape index (κ2) is 5.94. The predicted molar refractivity (Wildman–Crippen MR) is 82.0 cm³/mol. The van der Waals surface area contributed by atoms with Crippen molar-refractivity contribution in [2.24, 2.45) is 11.1 Å². The highest BCUT2D eigenvalue weighted by molar-refractivity contribution is 9.10. The van der Waals surface area contributed by atoms with Crippen molar-refractivity contribution >= 4 is 15.9 Å². The Kier molecular flexibility index (Phi) is 4.69. The van der Waals surface area contributed by atoms with Crippen molar-refractivity contribution in [1.82, 2.24) is 14.7 Å². The highest BCUT2D eigenvalue weighted by Gasteiger charge is 2.38. The molecule has 1 aromatic rings. The van der Waals surface area contributed by atoms with Crippen LogP contribution in [0, 0.1) is 5.41 Å². The van der Waals surface area contributed by atoms with Crippen LogP contribution in [0.1, 0.15) is 44.3 Å². The number of aromatic nitrogens is 2. The van der Waals surface area contributed by atoms with Gasteiger partial charge in [-0.1, -0.05) is 19.8 Å². The molecule has 0 aromatic carbocycles. The number of halogens is 1. The first kappa shape index (κ1) is 15.0. The molecule has 1 aliphatic carbocycles. The van der Waals surface area contributed by atoms with Gasteiger partial charge in [0.15, 0.2) is 0 Å². The summed E-state index contributed by atoms with van der Waals surface area (Å²) in [5.74, 6) is 0. The Morgan fingerprint density at radius 2 is 2.11 bits per heavy atom. The van der Waals surface area contributed by atoms with Gasteiger partial charge < -0.3 is 10.6 Å². The molecule has 0 bridgehead atoms. The molecule has 0 amide bonds. The molecule has 0 spiro atoms. The van der Waals surface area contributed by atoms with Crippen LogP contribution in [0.2, 0.25) is 0 Å². The lowest BCUT2D eigenvalue weighted by Gasteiger charge is -2.32. The van der Waals surface area contributed by atoms with Crippen molar-refractivity contribution in [1.29, 1.82) is 0 Å².